The van der Waals surface area contributed by atoms with Gasteiger partial charge in [0.1, 0.15) is 5.75 Å². The molecule has 0 aliphatic rings. The molecule has 0 spiro atoms. The third-order valence-corrected chi connectivity index (χ3v) is 3.70. The van der Waals surface area contributed by atoms with Crippen molar-refractivity contribution in [3.63, 3.8) is 0 Å². The van der Waals surface area contributed by atoms with Crippen molar-refractivity contribution < 1.29 is 4.74 Å². The number of thiazole rings is 1. The summed E-state index contributed by atoms with van der Waals surface area (Å²) < 4.78 is 5.16. The number of nitrogens with zero attached hydrogens (tertiary/aromatic N) is 1. The van der Waals surface area contributed by atoms with Crippen molar-refractivity contribution in [2.75, 3.05) is 7.11 Å². The first-order valence-electron chi connectivity index (χ1n) is 6.47. The lowest BCUT2D eigenvalue weighted by Crippen LogP contribution is -2.21. The standard InChI is InChI=1S/C15H20N2OS/c1-11(2)16-9-13-10-19-15(17-13)8-12-4-6-14(18-3)7-5-12/h4-7,10-11,16H,8-9H2,1-3H3. The highest BCUT2D eigenvalue weighted by molar-refractivity contribution is 7.09. The maximum atomic E-state index is 5.16. The SMILES string of the molecule is COc1ccc(Cc2nc(CNC(C)C)cs2)cc1. The van der Waals surface area contributed by atoms with Crippen molar-refractivity contribution in [3.05, 3.63) is 45.9 Å². The van der Waals surface area contributed by atoms with Crippen LogP contribution in [0.15, 0.2) is 29.6 Å². The molecule has 3 nitrogen and oxygen atoms in total. The topological polar surface area (TPSA) is 34.1 Å². The predicted octanol–water partition coefficient (Wildman–Crippen LogP) is 3.24. The smallest absolute Gasteiger partial charge is 0.118 e. The molecule has 102 valence electrons. The van der Waals surface area contributed by atoms with Gasteiger partial charge in [-0.25, -0.2) is 4.98 Å². The maximum Gasteiger partial charge on any atom is 0.118 e. The molecule has 1 N–H and O–H groups in total. The van der Waals surface area contributed by atoms with Crippen LogP contribution in [0, 0.1) is 0 Å². The number of methoxy groups -OCH3 is 1. The summed E-state index contributed by atoms with van der Waals surface area (Å²) in [5.74, 6) is 0.893. The van der Waals surface area contributed by atoms with E-state index in [1.807, 2.05) is 12.1 Å². The Bertz CT molecular complexity index is 505. The highest BCUT2D eigenvalue weighted by Gasteiger charge is 2.04. The minimum Gasteiger partial charge on any atom is -0.497 e. The molecular weight excluding hydrogens is 256 g/mol. The first-order chi connectivity index (χ1) is 9.17. The van der Waals surface area contributed by atoms with Crippen LogP contribution in [-0.2, 0) is 13.0 Å². The molecule has 0 unspecified atom stereocenters. The van der Waals surface area contributed by atoms with Crippen LogP contribution in [0.5, 0.6) is 5.75 Å². The Morgan fingerprint density at radius 3 is 2.63 bits per heavy atom. The Morgan fingerprint density at radius 1 is 1.26 bits per heavy atom. The van der Waals surface area contributed by atoms with E-state index in [0.29, 0.717) is 6.04 Å². The van der Waals surface area contributed by atoms with Gasteiger partial charge in [-0.15, -0.1) is 11.3 Å². The Labute approximate surface area is 118 Å². The summed E-state index contributed by atoms with van der Waals surface area (Å²) in [6.45, 7) is 5.13. The largest absolute Gasteiger partial charge is 0.497 e. The number of hydrogen-bond donors (Lipinski definition) is 1. The zero-order valence-electron chi connectivity index (χ0n) is 11.6. The van der Waals surface area contributed by atoms with Crippen LogP contribution in [0.25, 0.3) is 0 Å². The molecule has 19 heavy (non-hydrogen) atoms. The van der Waals surface area contributed by atoms with Gasteiger partial charge in [-0.2, -0.15) is 0 Å². The van der Waals surface area contributed by atoms with Crippen LogP contribution >= 0.6 is 11.3 Å². The van der Waals surface area contributed by atoms with Gasteiger partial charge in [0, 0.05) is 24.4 Å². The molecule has 1 aromatic heterocycles. The third kappa shape index (κ3) is 4.33. The van der Waals surface area contributed by atoms with Gasteiger partial charge in [-0.3, -0.25) is 0 Å². The van der Waals surface area contributed by atoms with E-state index in [1.165, 1.54) is 5.56 Å². The van der Waals surface area contributed by atoms with Crippen molar-refractivity contribution in [2.45, 2.75) is 32.9 Å². The minimum atomic E-state index is 0.492. The van der Waals surface area contributed by atoms with Crippen LogP contribution in [0.1, 0.15) is 30.1 Å². The summed E-state index contributed by atoms with van der Waals surface area (Å²) in [7, 11) is 1.68. The van der Waals surface area contributed by atoms with E-state index < -0.39 is 0 Å². The molecule has 1 aromatic carbocycles. The lowest BCUT2D eigenvalue weighted by Gasteiger charge is -2.04. The van der Waals surface area contributed by atoms with Crippen LogP contribution in [0.4, 0.5) is 0 Å². The number of nitrogens with one attached hydrogen (secondary N) is 1. The average molecular weight is 276 g/mol. The number of rotatable bonds is 6. The molecule has 0 amide bonds. The predicted molar refractivity (Wildman–Crippen MR) is 79.9 cm³/mol. The first-order valence-corrected chi connectivity index (χ1v) is 7.35. The maximum absolute atomic E-state index is 5.16. The van der Waals surface area contributed by atoms with Crippen LogP contribution < -0.4 is 10.1 Å². The molecule has 0 aliphatic heterocycles. The summed E-state index contributed by atoms with van der Waals surface area (Å²) >= 11 is 1.72. The van der Waals surface area contributed by atoms with Crippen LogP contribution in [0.2, 0.25) is 0 Å². The summed E-state index contributed by atoms with van der Waals surface area (Å²) in [6, 6.07) is 8.65. The number of ether oxygens (including phenoxy) is 1. The van der Waals surface area contributed by atoms with E-state index in [-0.39, 0.29) is 0 Å². The van der Waals surface area contributed by atoms with Crippen molar-refractivity contribution in [3.8, 4) is 5.75 Å². The van der Waals surface area contributed by atoms with E-state index in [0.717, 1.165) is 29.4 Å². The molecule has 0 atom stereocenters. The zero-order valence-corrected chi connectivity index (χ0v) is 12.5. The van der Waals surface area contributed by atoms with E-state index in [9.17, 15) is 0 Å². The van der Waals surface area contributed by atoms with Crippen molar-refractivity contribution in [1.82, 2.24) is 10.3 Å². The third-order valence-electron chi connectivity index (χ3n) is 2.81. The lowest BCUT2D eigenvalue weighted by molar-refractivity contribution is 0.414. The van der Waals surface area contributed by atoms with Gasteiger partial charge in [0.05, 0.1) is 17.8 Å². The molecule has 0 aliphatic carbocycles. The number of aromatic nitrogens is 1. The Morgan fingerprint density at radius 2 is 2.00 bits per heavy atom. The van der Waals surface area contributed by atoms with Crippen LogP contribution in [-0.4, -0.2) is 18.1 Å². The second-order valence-electron chi connectivity index (χ2n) is 4.79. The van der Waals surface area contributed by atoms with Gasteiger partial charge >= 0.3 is 0 Å². The number of hydrogen-bond acceptors (Lipinski definition) is 4. The monoisotopic (exact) mass is 276 g/mol. The molecule has 2 rings (SSSR count). The summed E-state index contributed by atoms with van der Waals surface area (Å²) in [5.41, 5.74) is 2.39. The molecule has 0 bridgehead atoms. The Balaban J connectivity index is 1.95. The van der Waals surface area contributed by atoms with Gasteiger partial charge in [0.2, 0.25) is 0 Å². The highest BCUT2D eigenvalue weighted by atomic mass is 32.1. The minimum absolute atomic E-state index is 0.492. The fourth-order valence-corrected chi connectivity index (χ4v) is 2.57. The van der Waals surface area contributed by atoms with Gasteiger partial charge < -0.3 is 10.1 Å². The van der Waals surface area contributed by atoms with Gasteiger partial charge in [0.15, 0.2) is 0 Å². The molecule has 2 aromatic rings. The summed E-state index contributed by atoms with van der Waals surface area (Å²) in [6.07, 6.45) is 0.885. The molecule has 1 heterocycles. The molecule has 0 saturated carbocycles. The average Bonchev–Trinajstić information content (AvgIpc) is 2.85. The summed E-state index contributed by atoms with van der Waals surface area (Å²) in [4.78, 5) is 4.64. The highest BCUT2D eigenvalue weighted by Crippen LogP contribution is 2.17. The van der Waals surface area contributed by atoms with Gasteiger partial charge in [-0.1, -0.05) is 26.0 Å². The molecular formula is C15H20N2OS. The molecule has 0 saturated heterocycles. The fraction of sp³-hybridized carbons (Fsp3) is 0.400. The van der Waals surface area contributed by atoms with Crippen molar-refractivity contribution in [1.29, 1.82) is 0 Å². The second-order valence-corrected chi connectivity index (χ2v) is 5.74. The van der Waals surface area contributed by atoms with Gasteiger partial charge in [-0.05, 0) is 17.7 Å². The fourth-order valence-electron chi connectivity index (χ4n) is 1.74. The molecule has 4 heteroatoms. The summed E-state index contributed by atoms with van der Waals surface area (Å²) in [5, 5.41) is 6.67. The first kappa shape index (κ1) is 14.0. The van der Waals surface area contributed by atoms with Crippen molar-refractivity contribution >= 4 is 11.3 Å². The number of benzene rings is 1. The quantitative estimate of drug-likeness (QED) is 0.879. The van der Waals surface area contributed by atoms with Crippen LogP contribution in [0.3, 0.4) is 0 Å². The van der Waals surface area contributed by atoms with E-state index >= 15 is 0 Å². The molecule has 0 fully saturated rings. The second kappa shape index (κ2) is 6.68. The van der Waals surface area contributed by atoms with Gasteiger partial charge in [0.25, 0.3) is 0 Å². The van der Waals surface area contributed by atoms with E-state index in [1.54, 1.807) is 18.4 Å². The Kier molecular flexibility index (Phi) is 4.93. The van der Waals surface area contributed by atoms with Crippen molar-refractivity contribution in [2.24, 2.45) is 0 Å². The zero-order chi connectivity index (χ0) is 13.7. The molecule has 0 radical (unpaired) electrons. The lowest BCUT2D eigenvalue weighted by atomic mass is 10.1. The van der Waals surface area contributed by atoms with E-state index in [4.69, 9.17) is 4.74 Å². The van der Waals surface area contributed by atoms with E-state index in [2.05, 4.69) is 41.7 Å². The Hall–Kier alpha value is -1.39. The normalized spacial score (nSPS) is 10.9.